The third-order valence-corrected chi connectivity index (χ3v) is 3.53. The number of hydrogen-bond acceptors (Lipinski definition) is 6. The molecule has 2 fully saturated rings. The van der Waals surface area contributed by atoms with Crippen molar-refractivity contribution in [3.8, 4) is 0 Å². The maximum absolute atomic E-state index is 12.1. The number of allylic oxidation sites excluding steroid dienone is 2. The predicted octanol–water partition coefficient (Wildman–Crippen LogP) is 1.09. The maximum atomic E-state index is 12.1. The van der Waals surface area contributed by atoms with Crippen molar-refractivity contribution in [2.24, 2.45) is 11.8 Å². The summed E-state index contributed by atoms with van der Waals surface area (Å²) >= 11 is 0. The first-order chi connectivity index (χ1) is 10.1. The molecule has 6 nitrogen and oxygen atoms in total. The summed E-state index contributed by atoms with van der Waals surface area (Å²) in [7, 11) is 0. The standard InChI is InChI=1S/C15H22O6/c1-3-4-5-13(15(17)21-9-12-7-19-12)10(2)14(16)20-8-11-6-18-11/h3-4,10-13H,5-9H2,1-2H3. The molecule has 118 valence electrons. The second-order valence-electron chi connectivity index (χ2n) is 5.37. The zero-order chi connectivity index (χ0) is 15.2. The lowest BCUT2D eigenvalue weighted by Gasteiger charge is -2.20. The van der Waals surface area contributed by atoms with E-state index in [0.717, 1.165) is 0 Å². The molecule has 6 heteroatoms. The van der Waals surface area contributed by atoms with E-state index in [9.17, 15) is 9.59 Å². The Morgan fingerprint density at radius 3 is 2.14 bits per heavy atom. The molecule has 0 saturated carbocycles. The minimum atomic E-state index is -0.549. The van der Waals surface area contributed by atoms with Gasteiger partial charge in [0.1, 0.15) is 25.4 Å². The number of hydrogen-bond donors (Lipinski definition) is 0. The van der Waals surface area contributed by atoms with E-state index >= 15 is 0 Å². The number of epoxide rings is 2. The van der Waals surface area contributed by atoms with Gasteiger partial charge in [0, 0.05) is 0 Å². The number of esters is 2. The third-order valence-electron chi connectivity index (χ3n) is 3.53. The van der Waals surface area contributed by atoms with Gasteiger partial charge in [0.25, 0.3) is 0 Å². The third kappa shape index (κ3) is 5.47. The lowest BCUT2D eigenvalue weighted by molar-refractivity contribution is -0.160. The molecule has 0 N–H and O–H groups in total. The van der Waals surface area contributed by atoms with Crippen molar-refractivity contribution >= 4 is 11.9 Å². The lowest BCUT2D eigenvalue weighted by atomic mass is 9.91. The lowest BCUT2D eigenvalue weighted by Crippen LogP contribution is -2.31. The van der Waals surface area contributed by atoms with Crippen LogP contribution in [0.4, 0.5) is 0 Å². The van der Waals surface area contributed by atoms with Gasteiger partial charge in [-0.2, -0.15) is 0 Å². The SMILES string of the molecule is CC=CCC(C(=O)OCC1CO1)C(C)C(=O)OCC1CO1. The minimum absolute atomic E-state index is 0.0191. The normalized spacial score (nSPS) is 26.2. The van der Waals surface area contributed by atoms with E-state index in [0.29, 0.717) is 19.6 Å². The van der Waals surface area contributed by atoms with Crippen molar-refractivity contribution in [1.29, 1.82) is 0 Å². The average molecular weight is 298 g/mol. The average Bonchev–Trinajstić information content (AvgIpc) is 3.37. The zero-order valence-corrected chi connectivity index (χ0v) is 12.4. The molecule has 0 aromatic carbocycles. The van der Waals surface area contributed by atoms with E-state index in [1.54, 1.807) is 6.92 Å². The van der Waals surface area contributed by atoms with Crippen LogP contribution in [0.5, 0.6) is 0 Å². The number of ether oxygens (including phenoxy) is 4. The van der Waals surface area contributed by atoms with Crippen LogP contribution in [0.3, 0.4) is 0 Å². The van der Waals surface area contributed by atoms with E-state index in [-0.39, 0.29) is 37.4 Å². The van der Waals surface area contributed by atoms with Gasteiger partial charge < -0.3 is 18.9 Å². The van der Waals surface area contributed by atoms with E-state index in [1.165, 1.54) is 0 Å². The van der Waals surface area contributed by atoms with Gasteiger partial charge in [0.2, 0.25) is 0 Å². The van der Waals surface area contributed by atoms with Crippen molar-refractivity contribution in [2.75, 3.05) is 26.4 Å². The summed E-state index contributed by atoms with van der Waals surface area (Å²) in [6.07, 6.45) is 4.20. The van der Waals surface area contributed by atoms with Gasteiger partial charge in [0.15, 0.2) is 0 Å². The molecule has 2 heterocycles. The quantitative estimate of drug-likeness (QED) is 0.360. The van der Waals surface area contributed by atoms with Gasteiger partial charge in [-0.05, 0) is 13.3 Å². The molecule has 0 aromatic heterocycles. The molecule has 2 aliphatic heterocycles. The Hall–Kier alpha value is -1.40. The van der Waals surface area contributed by atoms with E-state index in [4.69, 9.17) is 18.9 Å². The Morgan fingerprint density at radius 2 is 1.67 bits per heavy atom. The van der Waals surface area contributed by atoms with Gasteiger partial charge in [0.05, 0.1) is 25.0 Å². The smallest absolute Gasteiger partial charge is 0.310 e. The summed E-state index contributed by atoms with van der Waals surface area (Å²) < 4.78 is 20.4. The highest BCUT2D eigenvalue weighted by atomic mass is 16.6. The molecule has 4 atom stereocenters. The number of rotatable bonds is 9. The second kappa shape index (κ2) is 7.56. The molecule has 2 saturated heterocycles. The fourth-order valence-corrected chi connectivity index (χ4v) is 1.87. The summed E-state index contributed by atoms with van der Waals surface area (Å²) in [6, 6.07) is 0. The predicted molar refractivity (Wildman–Crippen MR) is 73.5 cm³/mol. The van der Waals surface area contributed by atoms with Crippen LogP contribution >= 0.6 is 0 Å². The number of carbonyl (C=O) groups excluding carboxylic acids is 2. The Labute approximate surface area is 124 Å². The molecule has 0 spiro atoms. The molecule has 2 aliphatic rings. The van der Waals surface area contributed by atoms with Crippen LogP contribution in [-0.2, 0) is 28.5 Å². The Kier molecular flexibility index (Phi) is 5.76. The molecular formula is C15H22O6. The fraction of sp³-hybridized carbons (Fsp3) is 0.733. The Morgan fingerprint density at radius 1 is 1.14 bits per heavy atom. The highest BCUT2D eigenvalue weighted by Crippen LogP contribution is 2.22. The van der Waals surface area contributed by atoms with Gasteiger partial charge in [-0.3, -0.25) is 9.59 Å². The van der Waals surface area contributed by atoms with Crippen LogP contribution in [0, 0.1) is 11.8 Å². The molecule has 4 unspecified atom stereocenters. The van der Waals surface area contributed by atoms with Crippen molar-refractivity contribution in [2.45, 2.75) is 32.5 Å². The summed E-state index contributed by atoms with van der Waals surface area (Å²) in [5, 5.41) is 0. The van der Waals surface area contributed by atoms with Crippen LogP contribution in [0.1, 0.15) is 20.3 Å². The molecule has 0 aliphatic carbocycles. The van der Waals surface area contributed by atoms with Gasteiger partial charge in [-0.1, -0.05) is 19.1 Å². The fourth-order valence-electron chi connectivity index (χ4n) is 1.87. The van der Waals surface area contributed by atoms with Crippen molar-refractivity contribution in [3.63, 3.8) is 0 Å². The Bertz CT molecular complexity index is 397. The summed E-state index contributed by atoms with van der Waals surface area (Å²) in [5.74, 6) is -1.85. The van der Waals surface area contributed by atoms with Crippen LogP contribution in [0.25, 0.3) is 0 Å². The van der Waals surface area contributed by atoms with Crippen LogP contribution < -0.4 is 0 Å². The summed E-state index contributed by atoms with van der Waals surface area (Å²) in [5.41, 5.74) is 0. The van der Waals surface area contributed by atoms with Crippen LogP contribution in [0.15, 0.2) is 12.2 Å². The first-order valence-corrected chi connectivity index (χ1v) is 7.29. The molecule has 0 amide bonds. The monoisotopic (exact) mass is 298 g/mol. The van der Waals surface area contributed by atoms with Gasteiger partial charge in [-0.25, -0.2) is 0 Å². The topological polar surface area (TPSA) is 77.7 Å². The first-order valence-electron chi connectivity index (χ1n) is 7.29. The molecule has 0 aromatic rings. The number of carbonyl (C=O) groups is 2. The molecule has 21 heavy (non-hydrogen) atoms. The summed E-state index contributed by atoms with van der Waals surface area (Å²) in [6.45, 7) is 5.33. The maximum Gasteiger partial charge on any atom is 0.310 e. The van der Waals surface area contributed by atoms with E-state index < -0.39 is 11.8 Å². The highest BCUT2D eigenvalue weighted by Gasteiger charge is 2.34. The van der Waals surface area contributed by atoms with Gasteiger partial charge >= 0.3 is 11.9 Å². The van der Waals surface area contributed by atoms with E-state index in [2.05, 4.69) is 0 Å². The van der Waals surface area contributed by atoms with Crippen molar-refractivity contribution in [3.05, 3.63) is 12.2 Å². The van der Waals surface area contributed by atoms with Crippen LogP contribution in [-0.4, -0.2) is 50.6 Å². The largest absolute Gasteiger partial charge is 0.463 e. The van der Waals surface area contributed by atoms with Crippen LogP contribution in [0.2, 0.25) is 0 Å². The highest BCUT2D eigenvalue weighted by molar-refractivity contribution is 5.82. The Balaban J connectivity index is 1.84. The molecule has 0 radical (unpaired) electrons. The first kappa shape index (κ1) is 16.0. The second-order valence-corrected chi connectivity index (χ2v) is 5.37. The minimum Gasteiger partial charge on any atom is -0.463 e. The van der Waals surface area contributed by atoms with Crippen molar-refractivity contribution in [1.82, 2.24) is 0 Å². The molecular weight excluding hydrogens is 276 g/mol. The molecule has 0 bridgehead atoms. The summed E-state index contributed by atoms with van der Waals surface area (Å²) in [4.78, 5) is 24.1. The zero-order valence-electron chi connectivity index (χ0n) is 12.4. The van der Waals surface area contributed by atoms with E-state index in [1.807, 2.05) is 19.1 Å². The molecule has 2 rings (SSSR count). The van der Waals surface area contributed by atoms with Gasteiger partial charge in [-0.15, -0.1) is 0 Å². The van der Waals surface area contributed by atoms with Crippen molar-refractivity contribution < 1.29 is 28.5 Å².